The molecule has 0 aliphatic heterocycles. The maximum Gasteiger partial charge on any atom is 0.319 e. The van der Waals surface area contributed by atoms with Gasteiger partial charge in [0.25, 0.3) is 0 Å². The van der Waals surface area contributed by atoms with Gasteiger partial charge in [0.15, 0.2) is 0 Å². The summed E-state index contributed by atoms with van der Waals surface area (Å²) in [6.45, 7) is 9.27. The second-order valence-electron chi connectivity index (χ2n) is 6.95. The molecule has 0 aliphatic carbocycles. The van der Waals surface area contributed by atoms with E-state index in [1.807, 2.05) is 19.9 Å². The topological polar surface area (TPSA) is 104 Å². The molecule has 0 aliphatic rings. The van der Waals surface area contributed by atoms with E-state index in [2.05, 4.69) is 0 Å². The number of carbonyl (C=O) groups excluding carboxylic acids is 3. The first-order chi connectivity index (χ1) is 12.1. The Balaban J connectivity index is 3.68. The van der Waals surface area contributed by atoms with E-state index in [0.717, 1.165) is 10.5 Å². The van der Waals surface area contributed by atoms with Crippen molar-refractivity contribution >= 4 is 18.1 Å². The van der Waals surface area contributed by atoms with E-state index < -0.39 is 11.8 Å². The zero-order valence-corrected chi connectivity index (χ0v) is 15.9. The number of Topliss-reactive ketones (excluding diaryl/α,β-unsaturated/α-hetero) is 1. The van der Waals surface area contributed by atoms with Gasteiger partial charge in [-0.2, -0.15) is 5.26 Å². The van der Waals surface area contributed by atoms with Crippen LogP contribution in [-0.4, -0.2) is 29.5 Å². The normalized spacial score (nSPS) is 11.8. The van der Waals surface area contributed by atoms with Gasteiger partial charge in [-0.05, 0) is 42.5 Å². The molecule has 1 rings (SSSR count). The molecule has 6 nitrogen and oxygen atoms in total. The number of benzene rings is 1. The Labute approximate surface area is 154 Å². The van der Waals surface area contributed by atoms with Crippen LogP contribution in [0.5, 0.6) is 0 Å². The molecular weight excluding hydrogens is 330 g/mol. The summed E-state index contributed by atoms with van der Waals surface area (Å²) in [7, 11) is 0. The lowest BCUT2D eigenvalue weighted by atomic mass is 9.94. The van der Waals surface area contributed by atoms with Crippen LogP contribution >= 0.6 is 0 Å². The van der Waals surface area contributed by atoms with Crippen LogP contribution in [0.15, 0.2) is 29.5 Å². The highest BCUT2D eigenvalue weighted by atomic mass is 16.2. The van der Waals surface area contributed by atoms with Crippen LogP contribution in [0.25, 0.3) is 0 Å². The third-order valence-electron chi connectivity index (χ3n) is 3.79. The van der Waals surface area contributed by atoms with E-state index in [1.54, 1.807) is 32.9 Å². The quantitative estimate of drug-likeness (QED) is 0.460. The fourth-order valence-electron chi connectivity index (χ4n) is 2.65. The molecule has 2 amide bonds. The first-order valence-electron chi connectivity index (χ1n) is 8.45. The highest BCUT2D eigenvalue weighted by molar-refractivity contribution is 6.13. The Morgan fingerprint density at radius 3 is 2.27 bits per heavy atom. The number of hydrogen-bond donors (Lipinski definition) is 1. The molecular formula is C20H25N3O3. The number of allylic oxidation sites excluding steroid dienone is 2. The lowest BCUT2D eigenvalue weighted by molar-refractivity contribution is -0.105. The van der Waals surface area contributed by atoms with Gasteiger partial charge in [0.2, 0.25) is 5.78 Å². The zero-order valence-electron chi connectivity index (χ0n) is 15.9. The Morgan fingerprint density at radius 1 is 1.23 bits per heavy atom. The molecule has 0 heterocycles. The van der Waals surface area contributed by atoms with Crippen LogP contribution in [-0.2, 0) is 4.79 Å². The predicted octanol–water partition coefficient (Wildman–Crippen LogP) is 3.20. The average molecular weight is 355 g/mol. The monoisotopic (exact) mass is 355 g/mol. The second-order valence-corrected chi connectivity index (χ2v) is 6.95. The molecule has 0 aromatic heterocycles. The van der Waals surface area contributed by atoms with Crippen molar-refractivity contribution in [3.63, 3.8) is 0 Å². The Kier molecular flexibility index (Phi) is 7.27. The largest absolute Gasteiger partial charge is 0.351 e. The van der Waals surface area contributed by atoms with Crippen molar-refractivity contribution in [1.82, 2.24) is 4.90 Å². The van der Waals surface area contributed by atoms with E-state index in [1.165, 1.54) is 6.07 Å². The maximum absolute atomic E-state index is 13.2. The number of amides is 2. The van der Waals surface area contributed by atoms with E-state index in [0.29, 0.717) is 11.8 Å². The van der Waals surface area contributed by atoms with Crippen LogP contribution in [0.4, 0.5) is 4.79 Å². The van der Waals surface area contributed by atoms with Crippen LogP contribution in [0, 0.1) is 30.1 Å². The number of nitrogens with two attached hydrogens (primary N) is 1. The first kappa shape index (κ1) is 21.1. The molecule has 0 bridgehead atoms. The molecule has 26 heavy (non-hydrogen) atoms. The molecule has 6 heteroatoms. The number of rotatable bonds is 7. The van der Waals surface area contributed by atoms with Gasteiger partial charge in [-0.25, -0.2) is 4.79 Å². The fraction of sp³-hybridized carbons (Fsp3) is 0.400. The number of carbonyl (C=O) groups is 3. The minimum absolute atomic E-state index is 0.0225. The van der Waals surface area contributed by atoms with E-state index >= 15 is 0 Å². The molecule has 0 fully saturated rings. The lowest BCUT2D eigenvalue weighted by Crippen LogP contribution is -2.41. The summed E-state index contributed by atoms with van der Waals surface area (Å²) in [6.07, 6.45) is 0.592. The standard InChI is InChI=1S/C20H25N3O3/c1-12(2)10-23(20(22)26)18(17(11-24)13(3)4)19(25)16-7-14(5)6-15(8-16)9-21/h6-8,11-13H,10H2,1-5H3,(H2,22,26)/b18-17+. The van der Waals surface area contributed by atoms with Crippen LogP contribution in [0.1, 0.15) is 49.2 Å². The van der Waals surface area contributed by atoms with Gasteiger partial charge in [0, 0.05) is 17.7 Å². The second kappa shape index (κ2) is 8.95. The number of primary amides is 1. The summed E-state index contributed by atoms with van der Waals surface area (Å²) in [5.74, 6) is -0.737. The smallest absolute Gasteiger partial charge is 0.319 e. The van der Waals surface area contributed by atoms with Crippen LogP contribution in [0.3, 0.4) is 0 Å². The molecule has 138 valence electrons. The Bertz CT molecular complexity index is 786. The third kappa shape index (κ3) is 5.03. The van der Waals surface area contributed by atoms with Crippen molar-refractivity contribution in [3.8, 4) is 6.07 Å². The summed E-state index contributed by atoms with van der Waals surface area (Å²) < 4.78 is 0. The summed E-state index contributed by atoms with van der Waals surface area (Å²) in [5, 5.41) is 9.15. The van der Waals surface area contributed by atoms with Crippen molar-refractivity contribution in [2.24, 2.45) is 17.6 Å². The highest BCUT2D eigenvalue weighted by Crippen LogP contribution is 2.23. The molecule has 1 aromatic carbocycles. The minimum atomic E-state index is -0.796. The summed E-state index contributed by atoms with van der Waals surface area (Å²) >= 11 is 0. The summed E-state index contributed by atoms with van der Waals surface area (Å²) in [5.41, 5.74) is 7.00. The first-order valence-corrected chi connectivity index (χ1v) is 8.45. The van der Waals surface area contributed by atoms with Crippen molar-refractivity contribution in [2.75, 3.05) is 6.54 Å². The third-order valence-corrected chi connectivity index (χ3v) is 3.79. The number of ketones is 1. The fourth-order valence-corrected chi connectivity index (χ4v) is 2.65. The number of hydrogen-bond acceptors (Lipinski definition) is 4. The Hall–Kier alpha value is -2.94. The molecule has 0 saturated heterocycles. The van der Waals surface area contributed by atoms with Gasteiger partial charge in [-0.15, -0.1) is 0 Å². The molecule has 0 atom stereocenters. The summed E-state index contributed by atoms with van der Waals surface area (Å²) in [6, 6.07) is 5.95. The number of aldehydes is 1. The van der Waals surface area contributed by atoms with Gasteiger partial charge in [0.05, 0.1) is 11.6 Å². The van der Waals surface area contributed by atoms with Crippen molar-refractivity contribution in [1.29, 1.82) is 5.26 Å². The zero-order chi connectivity index (χ0) is 20.0. The molecule has 0 radical (unpaired) electrons. The van der Waals surface area contributed by atoms with Gasteiger partial charge in [-0.1, -0.05) is 27.7 Å². The van der Waals surface area contributed by atoms with Gasteiger partial charge in [-0.3, -0.25) is 14.5 Å². The number of nitriles is 1. The molecule has 0 unspecified atom stereocenters. The number of nitrogens with zero attached hydrogens (tertiary/aromatic N) is 2. The van der Waals surface area contributed by atoms with Gasteiger partial charge in [0.1, 0.15) is 12.0 Å². The lowest BCUT2D eigenvalue weighted by Gasteiger charge is -2.27. The van der Waals surface area contributed by atoms with Crippen LogP contribution in [0.2, 0.25) is 0 Å². The molecule has 0 saturated carbocycles. The number of aryl methyl sites for hydroxylation is 1. The summed E-state index contributed by atoms with van der Waals surface area (Å²) in [4.78, 5) is 38.1. The molecule has 1 aromatic rings. The molecule has 2 N–H and O–H groups in total. The van der Waals surface area contributed by atoms with E-state index in [9.17, 15) is 14.4 Å². The Morgan fingerprint density at radius 2 is 1.85 bits per heavy atom. The average Bonchev–Trinajstić information content (AvgIpc) is 2.55. The van der Waals surface area contributed by atoms with E-state index in [-0.39, 0.29) is 35.2 Å². The van der Waals surface area contributed by atoms with Gasteiger partial charge < -0.3 is 5.73 Å². The maximum atomic E-state index is 13.2. The van der Waals surface area contributed by atoms with Crippen LogP contribution < -0.4 is 5.73 Å². The SMILES string of the molecule is Cc1cc(C#N)cc(C(=O)/C(=C(/C=O)C(C)C)N(CC(C)C)C(N)=O)c1. The molecule has 0 spiro atoms. The minimum Gasteiger partial charge on any atom is -0.351 e. The number of urea groups is 1. The van der Waals surface area contributed by atoms with Crippen molar-refractivity contribution in [2.45, 2.75) is 34.6 Å². The predicted molar refractivity (Wildman–Crippen MR) is 99.3 cm³/mol. The van der Waals surface area contributed by atoms with E-state index in [4.69, 9.17) is 11.0 Å². The van der Waals surface area contributed by atoms with Crippen molar-refractivity contribution < 1.29 is 14.4 Å². The highest BCUT2D eigenvalue weighted by Gasteiger charge is 2.28. The van der Waals surface area contributed by atoms with Gasteiger partial charge >= 0.3 is 6.03 Å². The van der Waals surface area contributed by atoms with Crippen molar-refractivity contribution in [3.05, 3.63) is 46.2 Å².